The molecule has 0 saturated heterocycles. The molecule has 290 valence electrons. The van der Waals surface area contributed by atoms with Crippen LogP contribution in [-0.2, 0) is 14.3 Å². The number of urea groups is 1. The van der Waals surface area contributed by atoms with Gasteiger partial charge in [-0.15, -0.1) is 0 Å². The molecule has 1 aliphatic carbocycles. The molecule has 0 spiro atoms. The Morgan fingerprint density at radius 2 is 1.47 bits per heavy atom. The normalized spacial score (nSPS) is 17.6. The number of amidine groups is 1. The average Bonchev–Trinajstić information content (AvgIpc) is 3.30. The topological polar surface area (TPSA) is 140 Å². The fraction of sp³-hybridized carbons (Fsp3) is 0.707. The number of ether oxygens (including phenoxy) is 1. The number of benzene rings is 1. The number of unbranched alkanes of at least 4 members (excludes halogenated alkanes) is 13. The van der Waals surface area contributed by atoms with E-state index in [9.17, 15) is 14.4 Å². The summed E-state index contributed by atoms with van der Waals surface area (Å²) in [6.07, 6.45) is 28.8. The van der Waals surface area contributed by atoms with Crippen molar-refractivity contribution in [3.8, 4) is 0 Å². The Hall–Kier alpha value is -2.85. The molecule has 1 saturated carbocycles. The number of aldehydes is 1. The summed E-state index contributed by atoms with van der Waals surface area (Å²) in [4.78, 5) is 42.6. The average molecular weight is 730 g/mol. The molecule has 1 aromatic carbocycles. The van der Waals surface area contributed by atoms with Gasteiger partial charge >= 0.3 is 6.03 Å². The molecule has 0 radical (unpaired) electrons. The summed E-state index contributed by atoms with van der Waals surface area (Å²) in [5.41, 5.74) is 13.9. The number of carbonyl (C=O) groups excluding carboxylic acids is 3. The summed E-state index contributed by atoms with van der Waals surface area (Å²) < 4.78 is 4.92. The van der Waals surface area contributed by atoms with Crippen molar-refractivity contribution in [3.05, 3.63) is 47.2 Å². The quantitative estimate of drug-likeness (QED) is 0.0502. The third-order valence-corrected chi connectivity index (χ3v) is 13.7. The minimum Gasteiger partial charge on any atom is -0.400 e. The highest BCUT2D eigenvalue weighted by molar-refractivity contribution is 8.33. The molecule has 9 nitrogen and oxygen atoms in total. The lowest BCUT2D eigenvalue weighted by Crippen LogP contribution is -2.52. The van der Waals surface area contributed by atoms with Gasteiger partial charge in [0.15, 0.2) is 0 Å². The fourth-order valence-electron chi connectivity index (χ4n) is 6.91. The van der Waals surface area contributed by atoms with Crippen molar-refractivity contribution in [1.82, 2.24) is 10.2 Å². The van der Waals surface area contributed by atoms with Crippen molar-refractivity contribution in [2.45, 2.75) is 146 Å². The van der Waals surface area contributed by atoms with Crippen LogP contribution >= 0.6 is 10.0 Å². The Labute approximate surface area is 311 Å². The zero-order valence-corrected chi connectivity index (χ0v) is 33.9. The third kappa shape index (κ3) is 13.3. The number of nitrogens with zero attached hydrogens (tertiary/aromatic N) is 2. The molecule has 1 aliphatic heterocycles. The Bertz CT molecular complexity index is 1270. The first kappa shape index (κ1) is 44.3. The Balaban J connectivity index is 0.000000449. The van der Waals surface area contributed by atoms with E-state index in [1.54, 1.807) is 12.0 Å². The molecule has 1 fully saturated rings. The number of rotatable bonds is 21. The maximum Gasteiger partial charge on any atom is 0.319 e. The highest BCUT2D eigenvalue weighted by Gasteiger charge is 2.51. The maximum absolute atomic E-state index is 13.3. The highest BCUT2D eigenvalue weighted by Crippen LogP contribution is 2.61. The predicted octanol–water partition coefficient (Wildman–Crippen LogP) is 8.56. The van der Waals surface area contributed by atoms with E-state index in [1.807, 2.05) is 44.2 Å². The fourth-order valence-corrected chi connectivity index (χ4v) is 8.99. The molecule has 2 aliphatic rings. The van der Waals surface area contributed by atoms with Gasteiger partial charge in [0, 0.05) is 24.8 Å². The summed E-state index contributed by atoms with van der Waals surface area (Å²) in [6, 6.07) is 9.05. The number of methoxy groups -OCH3 is 1. The molecule has 1 atom stereocenters. The molecule has 51 heavy (non-hydrogen) atoms. The molecule has 1 aromatic rings. The van der Waals surface area contributed by atoms with Crippen LogP contribution in [0.25, 0.3) is 0 Å². The highest BCUT2D eigenvalue weighted by atomic mass is 32.3. The van der Waals surface area contributed by atoms with Crippen LogP contribution in [-0.4, -0.2) is 78.3 Å². The minimum absolute atomic E-state index is 0.109. The number of aliphatic imine (C=N–C) groups is 1. The summed E-state index contributed by atoms with van der Waals surface area (Å²) in [5.74, 6) is -0.0544. The summed E-state index contributed by atoms with van der Waals surface area (Å²) >= 11 is 0. The van der Waals surface area contributed by atoms with Gasteiger partial charge in [0.25, 0.3) is 5.91 Å². The van der Waals surface area contributed by atoms with Gasteiger partial charge in [0.1, 0.15) is 12.1 Å². The van der Waals surface area contributed by atoms with Gasteiger partial charge in [-0.25, -0.2) is 14.8 Å². The second-order valence-corrected chi connectivity index (χ2v) is 20.0. The molecule has 1 heterocycles. The van der Waals surface area contributed by atoms with Gasteiger partial charge in [-0.3, -0.25) is 4.79 Å². The van der Waals surface area contributed by atoms with E-state index in [2.05, 4.69) is 36.0 Å². The van der Waals surface area contributed by atoms with Crippen molar-refractivity contribution in [3.63, 3.8) is 0 Å². The van der Waals surface area contributed by atoms with Gasteiger partial charge < -0.3 is 31.2 Å². The lowest BCUT2D eigenvalue weighted by atomic mass is 9.83. The minimum atomic E-state index is -1.15. The van der Waals surface area contributed by atoms with Crippen molar-refractivity contribution < 1.29 is 19.1 Å². The molecule has 0 aromatic heterocycles. The van der Waals surface area contributed by atoms with Crippen LogP contribution < -0.4 is 16.8 Å². The second-order valence-electron chi connectivity index (χ2n) is 15.6. The van der Waals surface area contributed by atoms with Crippen LogP contribution in [0.15, 0.2) is 46.6 Å². The smallest absolute Gasteiger partial charge is 0.319 e. The lowest BCUT2D eigenvalue weighted by molar-refractivity contribution is -0.122. The summed E-state index contributed by atoms with van der Waals surface area (Å²) in [7, 11) is 0.451. The van der Waals surface area contributed by atoms with Crippen LogP contribution in [0.1, 0.15) is 142 Å². The van der Waals surface area contributed by atoms with Gasteiger partial charge in [0.05, 0.1) is 29.5 Å². The number of hydrogen-bond acceptors (Lipinski definition) is 5. The first-order valence-electron chi connectivity index (χ1n) is 19.4. The molecular weight excluding hydrogens is 659 g/mol. The molecular formula is C41H71N5O4S. The van der Waals surface area contributed by atoms with Gasteiger partial charge in [-0.1, -0.05) is 114 Å². The second kappa shape index (κ2) is 22.3. The van der Waals surface area contributed by atoms with Crippen molar-refractivity contribution >= 4 is 34.1 Å². The number of hydrogen-bond donors (Lipinski definition) is 3. The van der Waals surface area contributed by atoms with Crippen molar-refractivity contribution in [2.75, 3.05) is 39.0 Å². The van der Waals surface area contributed by atoms with Gasteiger partial charge in [-0.2, -0.15) is 4.99 Å². The number of nitrogens with one attached hydrogen (secondary N) is 1. The number of amides is 3. The number of nitrogens with two attached hydrogens (primary N) is 2. The van der Waals surface area contributed by atoms with Crippen molar-refractivity contribution in [1.29, 1.82) is 0 Å². The first-order valence-corrected chi connectivity index (χ1v) is 22.2. The largest absolute Gasteiger partial charge is 0.400 e. The Morgan fingerprint density at radius 1 is 0.941 bits per heavy atom. The molecule has 10 heteroatoms. The van der Waals surface area contributed by atoms with Crippen LogP contribution in [0.4, 0.5) is 4.79 Å². The van der Waals surface area contributed by atoms with E-state index in [0.29, 0.717) is 17.9 Å². The SMILES string of the molecule is CCCCCCCCCCCCCCCC=O.COCC(NC(=O)N1CC(C(N)=NC(=O)C2(S(C)(C)C)CCC2)=C(N)C1(C)C)c1ccccc1. The molecule has 0 bridgehead atoms. The summed E-state index contributed by atoms with van der Waals surface area (Å²) in [6.45, 7) is 6.51. The lowest BCUT2D eigenvalue weighted by Gasteiger charge is -2.52. The summed E-state index contributed by atoms with van der Waals surface area (Å²) in [5, 5.41) is 3.05. The van der Waals surface area contributed by atoms with Crippen LogP contribution in [0, 0.1) is 0 Å². The maximum atomic E-state index is 13.3. The van der Waals surface area contributed by atoms with E-state index in [0.717, 1.165) is 44.0 Å². The van der Waals surface area contributed by atoms with E-state index in [1.165, 1.54) is 77.0 Å². The van der Waals surface area contributed by atoms with Crippen LogP contribution in [0.5, 0.6) is 0 Å². The Morgan fingerprint density at radius 3 is 1.92 bits per heavy atom. The monoisotopic (exact) mass is 730 g/mol. The van der Waals surface area contributed by atoms with Crippen LogP contribution in [0.2, 0.25) is 0 Å². The van der Waals surface area contributed by atoms with Crippen LogP contribution in [0.3, 0.4) is 0 Å². The van der Waals surface area contributed by atoms with E-state index in [-0.39, 0.29) is 30.4 Å². The first-order chi connectivity index (χ1) is 24.3. The van der Waals surface area contributed by atoms with E-state index in [4.69, 9.17) is 16.2 Å². The zero-order chi connectivity index (χ0) is 37.9. The zero-order valence-electron chi connectivity index (χ0n) is 33.1. The third-order valence-electron chi connectivity index (χ3n) is 10.7. The standard InChI is InChI=1S/C25H39N5O3S.C16H32O/c1-24(2)20(26)18(21(27)29-22(31)25(13-10-14-25)34(4,5)6)15-30(24)23(32)28-19(16-33-3)17-11-8-7-9-12-17;1-2-3-4-5-6-7-8-9-10-11-12-13-14-15-16-17/h7-9,11-12,19H,10,13-16,26H2,1-6H3,(H,28,32)(H2,27,29,31);16H,2-15H2,1H3. The molecule has 3 amide bonds. The molecule has 3 rings (SSSR count). The van der Waals surface area contributed by atoms with E-state index < -0.39 is 20.3 Å². The molecule has 1 unspecified atom stereocenters. The molecule has 5 N–H and O–H groups in total. The predicted molar refractivity (Wildman–Crippen MR) is 217 cm³/mol. The van der Waals surface area contributed by atoms with Gasteiger partial charge in [0.2, 0.25) is 0 Å². The van der Waals surface area contributed by atoms with E-state index >= 15 is 0 Å². The Kier molecular flexibility index (Phi) is 19.3. The van der Waals surface area contributed by atoms with Gasteiger partial charge in [-0.05, 0) is 63.9 Å². The van der Waals surface area contributed by atoms with Crippen molar-refractivity contribution in [2.24, 2.45) is 16.5 Å². The number of carbonyl (C=O) groups is 3.